The molecule has 0 saturated heterocycles. The second kappa shape index (κ2) is 6.17. The number of benzene rings is 1. The van der Waals surface area contributed by atoms with Crippen LogP contribution in [0.15, 0.2) is 35.0 Å². The molecule has 2 nitrogen and oxygen atoms in total. The van der Waals surface area contributed by atoms with Crippen molar-refractivity contribution in [3.63, 3.8) is 0 Å². The molecule has 1 amide bonds. The van der Waals surface area contributed by atoms with E-state index in [1.54, 1.807) is 11.3 Å². The molecule has 2 aromatic rings. The van der Waals surface area contributed by atoms with Gasteiger partial charge < -0.3 is 5.32 Å². The summed E-state index contributed by atoms with van der Waals surface area (Å²) in [6.07, 6.45) is 0.720. The quantitative estimate of drug-likeness (QED) is 0.911. The van der Waals surface area contributed by atoms with Crippen molar-refractivity contribution in [1.82, 2.24) is 5.32 Å². The maximum atomic E-state index is 13.5. The Hall–Kier alpha value is -1.39. The van der Waals surface area contributed by atoms with Crippen LogP contribution in [0, 0.1) is 5.82 Å². The Labute approximate surface area is 120 Å². The summed E-state index contributed by atoms with van der Waals surface area (Å²) < 4.78 is 13.5. The third-order valence-electron chi connectivity index (χ3n) is 2.67. The molecule has 1 unspecified atom stereocenters. The number of carbonyl (C=O) groups excluding carboxylic acids is 1. The molecule has 19 heavy (non-hydrogen) atoms. The Morgan fingerprint density at radius 3 is 2.95 bits per heavy atom. The molecule has 0 bridgehead atoms. The Morgan fingerprint density at radius 1 is 1.47 bits per heavy atom. The van der Waals surface area contributed by atoms with Crippen LogP contribution in [0.3, 0.4) is 0 Å². The van der Waals surface area contributed by atoms with Gasteiger partial charge in [0.2, 0.25) is 0 Å². The average Bonchev–Trinajstić information content (AvgIpc) is 2.84. The number of halogens is 2. The Bertz CT molecular complexity index is 571. The van der Waals surface area contributed by atoms with Crippen LogP contribution in [-0.2, 0) is 6.42 Å². The lowest BCUT2D eigenvalue weighted by atomic mass is 10.1. The lowest BCUT2D eigenvalue weighted by Crippen LogP contribution is -2.34. The van der Waals surface area contributed by atoms with Gasteiger partial charge in [0, 0.05) is 11.1 Å². The second-order valence-corrected chi connectivity index (χ2v) is 5.55. The summed E-state index contributed by atoms with van der Waals surface area (Å²) in [7, 11) is 0. The zero-order valence-corrected chi connectivity index (χ0v) is 11.9. The van der Waals surface area contributed by atoms with Crippen molar-refractivity contribution in [3.8, 4) is 0 Å². The molecule has 1 heterocycles. The molecular formula is C14H13ClFNOS. The summed E-state index contributed by atoms with van der Waals surface area (Å²) in [5.74, 6) is -1.01. The molecule has 0 fully saturated rings. The van der Waals surface area contributed by atoms with Gasteiger partial charge in [0.25, 0.3) is 5.91 Å². The molecule has 1 aromatic heterocycles. The van der Waals surface area contributed by atoms with Crippen molar-refractivity contribution in [3.05, 3.63) is 57.0 Å². The van der Waals surface area contributed by atoms with Crippen molar-refractivity contribution in [2.75, 3.05) is 0 Å². The first-order valence-electron chi connectivity index (χ1n) is 5.83. The van der Waals surface area contributed by atoms with Gasteiger partial charge in [0.05, 0.1) is 5.56 Å². The number of rotatable bonds is 4. The minimum absolute atomic E-state index is 0.0235. The first kappa shape index (κ1) is 14.0. The van der Waals surface area contributed by atoms with Crippen LogP contribution in [0.1, 0.15) is 22.8 Å². The van der Waals surface area contributed by atoms with E-state index in [-0.39, 0.29) is 11.6 Å². The molecule has 0 spiro atoms. The summed E-state index contributed by atoms with van der Waals surface area (Å²) in [5, 5.41) is 7.13. The number of hydrogen-bond donors (Lipinski definition) is 1. The molecule has 0 radical (unpaired) electrons. The second-order valence-electron chi connectivity index (χ2n) is 4.33. The number of carbonyl (C=O) groups is 1. The zero-order valence-electron chi connectivity index (χ0n) is 10.3. The van der Waals surface area contributed by atoms with Crippen molar-refractivity contribution in [1.29, 1.82) is 0 Å². The van der Waals surface area contributed by atoms with E-state index in [1.807, 2.05) is 23.8 Å². The van der Waals surface area contributed by atoms with Crippen LogP contribution in [0.2, 0.25) is 5.02 Å². The van der Waals surface area contributed by atoms with E-state index < -0.39 is 11.7 Å². The minimum atomic E-state index is -0.565. The number of amides is 1. The van der Waals surface area contributed by atoms with Crippen molar-refractivity contribution in [2.45, 2.75) is 19.4 Å². The lowest BCUT2D eigenvalue weighted by molar-refractivity contribution is 0.0936. The van der Waals surface area contributed by atoms with Crippen LogP contribution in [0.25, 0.3) is 0 Å². The molecule has 0 saturated carbocycles. The van der Waals surface area contributed by atoms with E-state index in [0.717, 1.165) is 12.0 Å². The third-order valence-corrected chi connectivity index (χ3v) is 3.64. The summed E-state index contributed by atoms with van der Waals surface area (Å²) >= 11 is 7.38. The van der Waals surface area contributed by atoms with Crippen LogP contribution in [0.4, 0.5) is 4.39 Å². The molecule has 5 heteroatoms. The zero-order chi connectivity index (χ0) is 13.8. The summed E-state index contributed by atoms with van der Waals surface area (Å²) in [6.45, 7) is 1.89. The minimum Gasteiger partial charge on any atom is -0.349 e. The normalized spacial score (nSPS) is 12.2. The van der Waals surface area contributed by atoms with Gasteiger partial charge in [-0.3, -0.25) is 4.79 Å². The summed E-state index contributed by atoms with van der Waals surface area (Å²) in [6, 6.07) is 5.89. The highest BCUT2D eigenvalue weighted by Gasteiger charge is 2.15. The summed E-state index contributed by atoms with van der Waals surface area (Å²) in [5.41, 5.74) is 1.13. The Morgan fingerprint density at radius 2 is 2.26 bits per heavy atom. The Kier molecular flexibility index (Phi) is 4.56. The van der Waals surface area contributed by atoms with E-state index >= 15 is 0 Å². The molecule has 1 atom stereocenters. The van der Waals surface area contributed by atoms with E-state index in [9.17, 15) is 9.18 Å². The van der Waals surface area contributed by atoms with Gasteiger partial charge in [0.15, 0.2) is 0 Å². The van der Waals surface area contributed by atoms with E-state index in [0.29, 0.717) is 5.02 Å². The van der Waals surface area contributed by atoms with Gasteiger partial charge in [-0.15, -0.1) is 0 Å². The fourth-order valence-electron chi connectivity index (χ4n) is 1.79. The van der Waals surface area contributed by atoms with Gasteiger partial charge in [-0.1, -0.05) is 11.6 Å². The molecule has 2 rings (SSSR count). The SMILES string of the molecule is CC(Cc1ccsc1)NC(=O)c1cc(Cl)ccc1F. The van der Waals surface area contributed by atoms with E-state index in [1.165, 1.54) is 18.2 Å². The molecular weight excluding hydrogens is 285 g/mol. The smallest absolute Gasteiger partial charge is 0.254 e. The van der Waals surface area contributed by atoms with Crippen LogP contribution >= 0.6 is 22.9 Å². The fourth-order valence-corrected chi connectivity index (χ4v) is 2.64. The predicted octanol–water partition coefficient (Wildman–Crippen LogP) is 3.90. The first-order valence-corrected chi connectivity index (χ1v) is 7.15. The standard InChI is InChI=1S/C14H13ClFNOS/c1-9(6-10-4-5-19-8-10)17-14(18)12-7-11(15)2-3-13(12)16/h2-5,7-9H,6H2,1H3,(H,17,18). The average molecular weight is 298 g/mol. The topological polar surface area (TPSA) is 29.1 Å². The van der Waals surface area contributed by atoms with Crippen molar-refractivity contribution in [2.24, 2.45) is 0 Å². The van der Waals surface area contributed by atoms with Crippen molar-refractivity contribution >= 4 is 28.8 Å². The van der Waals surface area contributed by atoms with E-state index in [2.05, 4.69) is 5.32 Å². The van der Waals surface area contributed by atoms with Gasteiger partial charge in [0.1, 0.15) is 5.82 Å². The molecule has 1 aromatic carbocycles. The molecule has 0 aliphatic carbocycles. The first-order chi connectivity index (χ1) is 9.06. The summed E-state index contributed by atoms with van der Waals surface area (Å²) in [4.78, 5) is 11.9. The number of hydrogen-bond acceptors (Lipinski definition) is 2. The van der Waals surface area contributed by atoms with Gasteiger partial charge in [-0.2, -0.15) is 11.3 Å². The molecule has 0 aliphatic rings. The molecule has 1 N–H and O–H groups in total. The van der Waals surface area contributed by atoms with Crippen LogP contribution in [-0.4, -0.2) is 11.9 Å². The predicted molar refractivity (Wildman–Crippen MR) is 76.4 cm³/mol. The van der Waals surface area contributed by atoms with E-state index in [4.69, 9.17) is 11.6 Å². The Balaban J connectivity index is 2.02. The lowest BCUT2D eigenvalue weighted by Gasteiger charge is -2.13. The third kappa shape index (κ3) is 3.78. The maximum absolute atomic E-state index is 13.5. The highest BCUT2D eigenvalue weighted by Crippen LogP contribution is 2.15. The van der Waals surface area contributed by atoms with Gasteiger partial charge in [-0.25, -0.2) is 4.39 Å². The largest absolute Gasteiger partial charge is 0.349 e. The molecule has 0 aliphatic heterocycles. The van der Waals surface area contributed by atoms with Gasteiger partial charge in [-0.05, 0) is 53.9 Å². The number of thiophene rings is 1. The maximum Gasteiger partial charge on any atom is 0.254 e. The van der Waals surface area contributed by atoms with Crippen molar-refractivity contribution < 1.29 is 9.18 Å². The highest BCUT2D eigenvalue weighted by molar-refractivity contribution is 7.07. The van der Waals surface area contributed by atoms with Crippen LogP contribution in [0.5, 0.6) is 0 Å². The monoisotopic (exact) mass is 297 g/mol. The fraction of sp³-hybridized carbons (Fsp3) is 0.214. The highest BCUT2D eigenvalue weighted by atomic mass is 35.5. The van der Waals surface area contributed by atoms with Gasteiger partial charge >= 0.3 is 0 Å². The van der Waals surface area contributed by atoms with Crippen LogP contribution < -0.4 is 5.32 Å². The number of nitrogens with one attached hydrogen (secondary N) is 1. The molecule has 100 valence electrons.